The maximum atomic E-state index is 11.8. The van der Waals surface area contributed by atoms with Crippen LogP contribution in [0.25, 0.3) is 0 Å². The Kier molecular flexibility index (Phi) is 3.00. The Morgan fingerprint density at radius 2 is 2.21 bits per heavy atom. The van der Waals surface area contributed by atoms with E-state index in [-0.39, 0.29) is 5.91 Å². The Balaban J connectivity index is 1.76. The van der Waals surface area contributed by atoms with Crippen LogP contribution in [-0.4, -0.2) is 35.1 Å². The molecule has 2 aliphatic heterocycles. The molecule has 6 nitrogen and oxygen atoms in total. The van der Waals surface area contributed by atoms with E-state index < -0.39 is 6.10 Å². The molecule has 1 saturated heterocycles. The Morgan fingerprint density at radius 1 is 1.42 bits per heavy atom. The van der Waals surface area contributed by atoms with Gasteiger partial charge in [0.25, 0.3) is 5.91 Å². The summed E-state index contributed by atoms with van der Waals surface area (Å²) in [6, 6.07) is 1.77. The molecule has 1 aromatic heterocycles. The largest absolute Gasteiger partial charge is 0.358 e. The van der Waals surface area contributed by atoms with Gasteiger partial charge in [0, 0.05) is 30.8 Å². The topological polar surface area (TPSA) is 67.3 Å². The number of morpholine rings is 1. The van der Waals surface area contributed by atoms with E-state index in [0.29, 0.717) is 18.3 Å². The van der Waals surface area contributed by atoms with Crippen molar-refractivity contribution in [2.45, 2.75) is 12.5 Å². The molecule has 2 aliphatic rings. The first kappa shape index (κ1) is 11.9. The van der Waals surface area contributed by atoms with Gasteiger partial charge in [-0.3, -0.25) is 4.79 Å². The summed E-state index contributed by atoms with van der Waals surface area (Å²) in [5.74, 6) is 0.483. The lowest BCUT2D eigenvalue weighted by molar-refractivity contribution is -0.132. The van der Waals surface area contributed by atoms with Crippen LogP contribution in [0.2, 0.25) is 0 Å². The van der Waals surface area contributed by atoms with Crippen LogP contribution in [0.15, 0.2) is 42.5 Å². The molecule has 3 heterocycles. The zero-order chi connectivity index (χ0) is 13.2. The van der Waals surface area contributed by atoms with Gasteiger partial charge in [0.05, 0.1) is 6.61 Å². The molecule has 1 amide bonds. The second kappa shape index (κ2) is 4.81. The lowest BCUT2D eigenvalue weighted by Crippen LogP contribution is -2.43. The first-order valence-electron chi connectivity index (χ1n) is 6.08. The minimum Gasteiger partial charge on any atom is -0.358 e. The summed E-state index contributed by atoms with van der Waals surface area (Å²) in [6.07, 6.45) is 5.53. The molecule has 0 radical (unpaired) electrons. The molecule has 6 heteroatoms. The van der Waals surface area contributed by atoms with Gasteiger partial charge in [-0.05, 0) is 18.1 Å². The Labute approximate surface area is 110 Å². The van der Waals surface area contributed by atoms with Crippen molar-refractivity contribution in [1.29, 1.82) is 0 Å². The summed E-state index contributed by atoms with van der Waals surface area (Å²) in [4.78, 5) is 22.1. The molecular weight excluding hydrogens is 244 g/mol. The summed E-state index contributed by atoms with van der Waals surface area (Å²) >= 11 is 0. The third-order valence-electron chi connectivity index (χ3n) is 3.07. The van der Waals surface area contributed by atoms with E-state index in [1.54, 1.807) is 18.5 Å². The van der Waals surface area contributed by atoms with Crippen LogP contribution in [-0.2, 0) is 9.53 Å². The Bertz CT molecular complexity index is 541. The van der Waals surface area contributed by atoms with Crippen LogP contribution in [0.4, 0.5) is 5.95 Å². The number of carbonyl (C=O) groups excluding carboxylic acids is 1. The first-order valence-corrected chi connectivity index (χ1v) is 6.08. The van der Waals surface area contributed by atoms with E-state index in [1.165, 1.54) is 0 Å². The van der Waals surface area contributed by atoms with Gasteiger partial charge in [0.15, 0.2) is 6.10 Å². The van der Waals surface area contributed by atoms with Gasteiger partial charge < -0.3 is 15.0 Å². The van der Waals surface area contributed by atoms with Crippen molar-refractivity contribution in [2.24, 2.45) is 0 Å². The van der Waals surface area contributed by atoms with Crippen molar-refractivity contribution in [3.8, 4) is 0 Å². The number of hydrogen-bond acceptors (Lipinski definition) is 5. The average molecular weight is 258 g/mol. The third kappa shape index (κ3) is 2.34. The highest BCUT2D eigenvalue weighted by Crippen LogP contribution is 2.24. The number of nitrogens with zero attached hydrogens (tertiary/aromatic N) is 3. The predicted octanol–water partition coefficient (Wildman–Crippen LogP) is 0.599. The quantitative estimate of drug-likeness (QED) is 0.841. The number of anilines is 1. The van der Waals surface area contributed by atoms with E-state index in [0.717, 1.165) is 18.5 Å². The fourth-order valence-electron chi connectivity index (χ4n) is 2.19. The minimum absolute atomic E-state index is 0.154. The zero-order valence-corrected chi connectivity index (χ0v) is 10.4. The van der Waals surface area contributed by atoms with Crippen molar-refractivity contribution in [1.82, 2.24) is 15.3 Å². The van der Waals surface area contributed by atoms with Crippen LogP contribution in [0, 0.1) is 0 Å². The number of amides is 1. The molecule has 0 saturated carbocycles. The highest BCUT2D eigenvalue weighted by atomic mass is 16.5. The van der Waals surface area contributed by atoms with E-state index in [2.05, 4.69) is 21.9 Å². The lowest BCUT2D eigenvalue weighted by atomic mass is 10.1. The predicted molar refractivity (Wildman–Crippen MR) is 69.1 cm³/mol. The average Bonchev–Trinajstić information content (AvgIpc) is 2.89. The van der Waals surface area contributed by atoms with Gasteiger partial charge in [0.2, 0.25) is 5.95 Å². The van der Waals surface area contributed by atoms with Crippen LogP contribution in [0.3, 0.4) is 0 Å². The van der Waals surface area contributed by atoms with Gasteiger partial charge in [-0.2, -0.15) is 0 Å². The number of nitrogens with one attached hydrogen (secondary N) is 1. The zero-order valence-electron chi connectivity index (χ0n) is 10.4. The van der Waals surface area contributed by atoms with E-state index >= 15 is 0 Å². The first-order chi connectivity index (χ1) is 9.24. The fraction of sp³-hybridized carbons (Fsp3) is 0.308. The van der Waals surface area contributed by atoms with E-state index in [9.17, 15) is 4.79 Å². The van der Waals surface area contributed by atoms with Gasteiger partial charge in [-0.25, -0.2) is 9.97 Å². The van der Waals surface area contributed by atoms with Crippen LogP contribution < -0.4 is 10.2 Å². The van der Waals surface area contributed by atoms with Crippen molar-refractivity contribution in [2.75, 3.05) is 18.1 Å². The molecular formula is C13H14N4O2. The van der Waals surface area contributed by atoms with Crippen molar-refractivity contribution in [3.63, 3.8) is 0 Å². The summed E-state index contributed by atoms with van der Waals surface area (Å²) in [6.45, 7) is 4.80. The van der Waals surface area contributed by atoms with Gasteiger partial charge in [-0.1, -0.05) is 6.58 Å². The molecule has 1 N–H and O–H groups in total. The monoisotopic (exact) mass is 258 g/mol. The standard InChI is InChI=1S/C13H14N4O2/c1-9-8-19-11(12(18)16-9)10-3-6-17(7-10)13-14-4-2-5-15-13/h2,4-5,7,11H,1,3,6,8H2,(H,16,18). The van der Waals surface area contributed by atoms with Crippen LogP contribution in [0.1, 0.15) is 6.42 Å². The maximum absolute atomic E-state index is 11.8. The van der Waals surface area contributed by atoms with E-state index in [1.807, 2.05) is 11.1 Å². The van der Waals surface area contributed by atoms with Gasteiger partial charge in [0.1, 0.15) is 0 Å². The van der Waals surface area contributed by atoms with E-state index in [4.69, 9.17) is 4.74 Å². The molecule has 19 heavy (non-hydrogen) atoms. The maximum Gasteiger partial charge on any atom is 0.257 e. The summed E-state index contributed by atoms with van der Waals surface area (Å²) < 4.78 is 5.52. The molecule has 1 atom stereocenters. The molecule has 1 fully saturated rings. The molecule has 0 aromatic carbocycles. The highest BCUT2D eigenvalue weighted by Gasteiger charge is 2.31. The van der Waals surface area contributed by atoms with Crippen molar-refractivity contribution in [3.05, 3.63) is 42.5 Å². The molecule has 1 aromatic rings. The highest BCUT2D eigenvalue weighted by molar-refractivity contribution is 5.86. The molecule has 1 unspecified atom stereocenters. The summed E-state index contributed by atoms with van der Waals surface area (Å²) in [7, 11) is 0. The number of rotatable bonds is 2. The molecule has 0 bridgehead atoms. The van der Waals surface area contributed by atoms with Gasteiger partial charge >= 0.3 is 0 Å². The van der Waals surface area contributed by atoms with Gasteiger partial charge in [-0.15, -0.1) is 0 Å². The number of ether oxygens (including phenoxy) is 1. The SMILES string of the molecule is C=C1COC(C2=CN(c3ncccn3)CC2)C(=O)N1. The Hall–Kier alpha value is -2.21. The van der Waals surface area contributed by atoms with Crippen LogP contribution in [0.5, 0.6) is 0 Å². The molecule has 98 valence electrons. The second-order valence-corrected chi connectivity index (χ2v) is 4.48. The molecule has 3 rings (SSSR count). The van der Waals surface area contributed by atoms with Crippen molar-refractivity contribution >= 4 is 11.9 Å². The third-order valence-corrected chi connectivity index (χ3v) is 3.07. The smallest absolute Gasteiger partial charge is 0.257 e. The molecule has 0 aliphatic carbocycles. The van der Waals surface area contributed by atoms with Crippen LogP contribution >= 0.6 is 0 Å². The minimum atomic E-state index is -0.529. The number of carbonyl (C=O) groups is 1. The number of aromatic nitrogens is 2. The molecule has 0 spiro atoms. The Morgan fingerprint density at radius 3 is 2.95 bits per heavy atom. The second-order valence-electron chi connectivity index (χ2n) is 4.48. The van der Waals surface area contributed by atoms with Crippen molar-refractivity contribution < 1.29 is 9.53 Å². The normalized spacial score (nSPS) is 23.3. The number of hydrogen-bond donors (Lipinski definition) is 1. The fourth-order valence-corrected chi connectivity index (χ4v) is 2.19. The lowest BCUT2D eigenvalue weighted by Gasteiger charge is -2.24. The summed E-state index contributed by atoms with van der Waals surface area (Å²) in [5.41, 5.74) is 1.54. The summed E-state index contributed by atoms with van der Waals surface area (Å²) in [5, 5.41) is 2.71.